The maximum Gasteiger partial charge on any atom is 0.330 e. The molecule has 1 aromatic carbocycles. The maximum atomic E-state index is 17.3. The third-order valence-electron chi connectivity index (χ3n) is 7.86. The number of carbonyl (C=O) groups is 2. The Balaban J connectivity index is 1.56. The third-order valence-corrected chi connectivity index (χ3v) is 8.36. The molecule has 0 spiro atoms. The molecule has 2 amide bonds. The van der Waals surface area contributed by atoms with Crippen molar-refractivity contribution in [3.05, 3.63) is 110 Å². The Hall–Kier alpha value is -4.55. The number of halogens is 2. The molecule has 44 heavy (non-hydrogen) atoms. The number of alkyl halides is 2. The molecule has 0 saturated carbocycles. The van der Waals surface area contributed by atoms with Crippen molar-refractivity contribution in [2.75, 3.05) is 13.7 Å². The summed E-state index contributed by atoms with van der Waals surface area (Å²) < 4.78 is 24.8. The van der Waals surface area contributed by atoms with Gasteiger partial charge < -0.3 is 25.3 Å². The molecule has 3 unspecified atom stereocenters. The first-order valence-corrected chi connectivity index (χ1v) is 14.3. The van der Waals surface area contributed by atoms with Crippen molar-refractivity contribution in [2.45, 2.75) is 36.1 Å². The van der Waals surface area contributed by atoms with Crippen molar-refractivity contribution < 1.29 is 18.7 Å². The lowest BCUT2D eigenvalue weighted by Gasteiger charge is -2.43. The van der Waals surface area contributed by atoms with E-state index < -0.39 is 33.4 Å². The number of nitrogens with zero attached hydrogens (tertiary/aromatic N) is 3. The molecule has 3 atom stereocenters. The van der Waals surface area contributed by atoms with Crippen molar-refractivity contribution in [3.63, 3.8) is 0 Å². The van der Waals surface area contributed by atoms with E-state index in [1.807, 2.05) is 0 Å². The molecule has 1 fully saturated rings. The zero-order valence-electron chi connectivity index (χ0n) is 24.4. The van der Waals surface area contributed by atoms with Gasteiger partial charge in [0.05, 0.1) is 12.8 Å². The Kier molecular flexibility index (Phi) is 8.57. The smallest absolute Gasteiger partial charge is 0.330 e. The quantitative estimate of drug-likeness (QED) is 0.311. The fourth-order valence-electron chi connectivity index (χ4n) is 5.46. The van der Waals surface area contributed by atoms with Gasteiger partial charge in [-0.1, -0.05) is 60.2 Å². The molecular weight excluding hydrogens is 591 g/mol. The van der Waals surface area contributed by atoms with Crippen molar-refractivity contribution in [1.82, 2.24) is 30.1 Å². The lowest BCUT2D eigenvalue weighted by molar-refractivity contribution is -0.119. The second-order valence-corrected chi connectivity index (χ2v) is 11.3. The predicted octanol–water partition coefficient (Wildman–Crippen LogP) is 2.04. The standard InChI is InChI=1S/C31H32ClFN6O5/c1-38-18-22(28(42)39(2)29(38)43)26(41)37-30(15-7-10-23(31(30,32)33)19-8-5-4-6-9-19)24-13-11-20(27(36-24)44-3)16-34-17-21-12-14-25(40)35-21/h4-11,13,15,18,21,34H,12,14,16-17H2,1-3H3,(H,35,40)(H,37,41). The number of ether oxygens (including phenoxy) is 1. The topological polar surface area (TPSA) is 136 Å². The number of aromatic nitrogens is 3. The number of nitrogens with one attached hydrogen (secondary N) is 3. The highest BCUT2D eigenvalue weighted by Gasteiger charge is 2.57. The molecule has 3 heterocycles. The van der Waals surface area contributed by atoms with Gasteiger partial charge in [0.25, 0.3) is 11.5 Å². The van der Waals surface area contributed by atoms with Gasteiger partial charge in [-0.05, 0) is 24.1 Å². The Morgan fingerprint density at radius 3 is 2.61 bits per heavy atom. The molecule has 0 radical (unpaired) electrons. The van der Waals surface area contributed by atoms with Gasteiger partial charge in [0.1, 0.15) is 5.56 Å². The zero-order chi connectivity index (χ0) is 31.6. The Morgan fingerprint density at radius 1 is 1.18 bits per heavy atom. The van der Waals surface area contributed by atoms with E-state index in [-0.39, 0.29) is 29.1 Å². The summed E-state index contributed by atoms with van der Waals surface area (Å²) >= 11 is 6.83. The summed E-state index contributed by atoms with van der Waals surface area (Å²) in [5.41, 5.74) is -2.83. The van der Waals surface area contributed by atoms with E-state index in [1.54, 1.807) is 42.5 Å². The summed E-state index contributed by atoms with van der Waals surface area (Å²) in [4.78, 5) is 55.1. The average Bonchev–Trinajstić information content (AvgIpc) is 3.43. The minimum atomic E-state index is -2.80. The highest BCUT2D eigenvalue weighted by atomic mass is 35.5. The number of carbonyl (C=O) groups excluding carboxylic acids is 2. The molecular formula is C31H32ClFN6O5. The van der Waals surface area contributed by atoms with Crippen LogP contribution in [0, 0.1) is 0 Å². The number of methoxy groups -OCH3 is 1. The van der Waals surface area contributed by atoms with Crippen LogP contribution in [0.1, 0.15) is 40.0 Å². The van der Waals surface area contributed by atoms with Crippen LogP contribution < -0.4 is 31.9 Å². The van der Waals surface area contributed by atoms with Crippen LogP contribution in [0.5, 0.6) is 5.88 Å². The van der Waals surface area contributed by atoms with E-state index in [9.17, 15) is 19.2 Å². The second-order valence-electron chi connectivity index (χ2n) is 10.7. The van der Waals surface area contributed by atoms with Gasteiger partial charge in [-0.15, -0.1) is 0 Å². The molecule has 230 valence electrons. The number of hydrogen-bond acceptors (Lipinski definition) is 7. The monoisotopic (exact) mass is 622 g/mol. The minimum absolute atomic E-state index is 0.00595. The Labute approximate surface area is 257 Å². The minimum Gasteiger partial charge on any atom is -0.481 e. The number of benzene rings is 1. The van der Waals surface area contributed by atoms with Gasteiger partial charge >= 0.3 is 5.69 Å². The summed E-state index contributed by atoms with van der Waals surface area (Å²) in [5.74, 6) is -0.787. The third kappa shape index (κ3) is 5.58. The maximum absolute atomic E-state index is 17.3. The fourth-order valence-corrected chi connectivity index (χ4v) is 5.84. The van der Waals surface area contributed by atoms with Crippen LogP contribution in [0.3, 0.4) is 0 Å². The first-order chi connectivity index (χ1) is 21.0. The molecule has 0 bridgehead atoms. The van der Waals surface area contributed by atoms with Crippen LogP contribution in [0.2, 0.25) is 0 Å². The molecule has 11 nitrogen and oxygen atoms in total. The lowest BCUT2D eigenvalue weighted by Crippen LogP contribution is -2.58. The number of aryl methyl sites for hydroxylation is 1. The van der Waals surface area contributed by atoms with E-state index in [1.165, 1.54) is 39.4 Å². The van der Waals surface area contributed by atoms with Crippen LogP contribution in [0.25, 0.3) is 5.57 Å². The van der Waals surface area contributed by atoms with Gasteiger partial charge in [-0.25, -0.2) is 14.2 Å². The summed E-state index contributed by atoms with van der Waals surface area (Å²) in [7, 11) is 4.06. The van der Waals surface area contributed by atoms with Gasteiger partial charge in [0.2, 0.25) is 16.9 Å². The SMILES string of the molecule is COc1nc(C2(NC(=O)c3cn(C)c(=O)n(C)c3=O)C=CC=C(c3ccccc3)C2(F)Cl)ccc1CNCC1CCC(=O)N1. The van der Waals surface area contributed by atoms with Gasteiger partial charge in [0.15, 0.2) is 5.54 Å². The van der Waals surface area contributed by atoms with E-state index in [2.05, 4.69) is 20.9 Å². The molecule has 3 N–H and O–H groups in total. The van der Waals surface area contributed by atoms with Crippen molar-refractivity contribution in [2.24, 2.45) is 14.1 Å². The highest BCUT2D eigenvalue weighted by Crippen LogP contribution is 2.51. The van der Waals surface area contributed by atoms with Gasteiger partial charge in [0, 0.05) is 57.0 Å². The number of pyridine rings is 1. The number of allylic oxidation sites excluding steroid dienone is 2. The van der Waals surface area contributed by atoms with Crippen molar-refractivity contribution >= 4 is 29.0 Å². The van der Waals surface area contributed by atoms with Crippen LogP contribution in [0.4, 0.5) is 4.39 Å². The second kappa shape index (κ2) is 12.2. The zero-order valence-corrected chi connectivity index (χ0v) is 25.2. The first kappa shape index (κ1) is 30.9. The molecule has 2 aromatic heterocycles. The lowest BCUT2D eigenvalue weighted by atomic mass is 9.78. The number of hydrogen-bond donors (Lipinski definition) is 3. The summed E-state index contributed by atoms with van der Waals surface area (Å²) in [5, 5.41) is 6.02. The first-order valence-electron chi connectivity index (χ1n) is 14.0. The van der Waals surface area contributed by atoms with E-state index in [0.29, 0.717) is 30.6 Å². The van der Waals surface area contributed by atoms with E-state index in [0.717, 1.165) is 21.8 Å². The predicted molar refractivity (Wildman–Crippen MR) is 163 cm³/mol. The van der Waals surface area contributed by atoms with Crippen LogP contribution in [-0.4, -0.2) is 50.8 Å². The molecule has 5 rings (SSSR count). The molecule has 2 aliphatic rings. The summed E-state index contributed by atoms with van der Waals surface area (Å²) in [6.07, 6.45) is 6.76. The number of rotatable bonds is 9. The molecule has 1 aliphatic carbocycles. The van der Waals surface area contributed by atoms with Crippen LogP contribution in [-0.2, 0) is 31.0 Å². The Bertz CT molecular complexity index is 1780. The van der Waals surface area contributed by atoms with Crippen LogP contribution >= 0.6 is 11.6 Å². The largest absolute Gasteiger partial charge is 0.481 e. The normalized spacial score (nSPS) is 22.8. The van der Waals surface area contributed by atoms with Crippen molar-refractivity contribution in [1.29, 1.82) is 0 Å². The van der Waals surface area contributed by atoms with E-state index >= 15 is 4.39 Å². The van der Waals surface area contributed by atoms with Gasteiger partial charge in [-0.2, -0.15) is 0 Å². The van der Waals surface area contributed by atoms with E-state index in [4.69, 9.17) is 16.3 Å². The Morgan fingerprint density at radius 2 is 1.93 bits per heavy atom. The average molecular weight is 623 g/mol. The molecule has 1 saturated heterocycles. The molecule has 13 heteroatoms. The number of amides is 2. The summed E-state index contributed by atoms with van der Waals surface area (Å²) in [6, 6.07) is 11.8. The van der Waals surface area contributed by atoms with Crippen molar-refractivity contribution in [3.8, 4) is 5.88 Å². The molecule has 3 aromatic rings. The molecule has 1 aliphatic heterocycles. The summed E-state index contributed by atoms with van der Waals surface area (Å²) in [6.45, 7) is 0.872. The van der Waals surface area contributed by atoms with Gasteiger partial charge in [-0.3, -0.25) is 19.0 Å². The highest BCUT2D eigenvalue weighted by molar-refractivity contribution is 6.31. The fraction of sp³-hybridized carbons (Fsp3) is 0.323. The van der Waals surface area contributed by atoms with Crippen LogP contribution in [0.15, 0.2) is 76.5 Å².